The Morgan fingerprint density at radius 3 is 1.16 bits per heavy atom. The van der Waals surface area contributed by atoms with Gasteiger partial charge in [-0.1, -0.05) is 274 Å². The molecule has 0 aromatic carbocycles. The van der Waals surface area contributed by atoms with E-state index in [4.69, 9.17) is 4.74 Å². The number of carbonyl (C=O) groups is 2. The number of carbonyl (C=O) groups excluding carboxylic acids is 2. The Morgan fingerprint density at radius 2 is 0.750 bits per heavy atom. The Labute approximate surface area is 423 Å². The molecular weight excluding hydrogens is 839 g/mol. The van der Waals surface area contributed by atoms with E-state index in [1.54, 1.807) is 0 Å². The largest absolute Gasteiger partial charge is 0.465 e. The molecule has 0 aliphatic rings. The van der Waals surface area contributed by atoms with Gasteiger partial charge in [-0.2, -0.15) is 0 Å². The van der Waals surface area contributed by atoms with Crippen LogP contribution in [0, 0.1) is 0 Å². The van der Waals surface area contributed by atoms with Crippen molar-refractivity contribution in [2.24, 2.45) is 0 Å². The maximum atomic E-state index is 12.5. The van der Waals surface area contributed by atoms with Crippen molar-refractivity contribution in [1.29, 1.82) is 0 Å². The van der Waals surface area contributed by atoms with Gasteiger partial charge in [0, 0.05) is 12.8 Å². The molecule has 2 unspecified atom stereocenters. The van der Waals surface area contributed by atoms with E-state index in [1.807, 2.05) is 0 Å². The summed E-state index contributed by atoms with van der Waals surface area (Å²) in [6.07, 6.45) is 72.6. The number of amides is 1. The van der Waals surface area contributed by atoms with Gasteiger partial charge in [0.05, 0.1) is 25.4 Å². The molecule has 2 atom stereocenters. The number of rotatable bonds is 55. The van der Waals surface area contributed by atoms with E-state index in [2.05, 4.69) is 67.8 Å². The van der Waals surface area contributed by atoms with Gasteiger partial charge in [-0.05, 0) is 70.6 Å². The fourth-order valence-electron chi connectivity index (χ4n) is 9.02. The molecule has 1 amide bonds. The first-order chi connectivity index (χ1) is 33.5. The monoisotopic (exact) mass is 954 g/mol. The van der Waals surface area contributed by atoms with Crippen molar-refractivity contribution in [2.75, 3.05) is 13.2 Å². The van der Waals surface area contributed by atoms with Crippen molar-refractivity contribution in [2.45, 2.75) is 321 Å². The Kier molecular flexibility index (Phi) is 55.6. The van der Waals surface area contributed by atoms with E-state index in [9.17, 15) is 19.8 Å². The summed E-state index contributed by atoms with van der Waals surface area (Å²) in [5, 5.41) is 23.3. The van der Waals surface area contributed by atoms with Crippen LogP contribution in [0.2, 0.25) is 0 Å². The van der Waals surface area contributed by atoms with E-state index < -0.39 is 12.1 Å². The van der Waals surface area contributed by atoms with Crippen LogP contribution in [-0.4, -0.2) is 47.4 Å². The summed E-state index contributed by atoms with van der Waals surface area (Å²) in [7, 11) is 0. The first-order valence-corrected chi connectivity index (χ1v) is 29.9. The first kappa shape index (κ1) is 65.8. The number of allylic oxidation sites excluding steroid dienone is 7. The lowest BCUT2D eigenvalue weighted by molar-refractivity contribution is -0.143. The number of aliphatic hydroxyl groups excluding tert-OH is 2. The second-order valence-corrected chi connectivity index (χ2v) is 20.3. The highest BCUT2D eigenvalue weighted by Crippen LogP contribution is 2.17. The van der Waals surface area contributed by atoms with Crippen LogP contribution in [0.15, 0.2) is 48.6 Å². The summed E-state index contributed by atoms with van der Waals surface area (Å²) < 4.78 is 5.40. The van der Waals surface area contributed by atoms with Crippen molar-refractivity contribution in [3.8, 4) is 0 Å². The normalized spacial score (nSPS) is 12.9. The highest BCUT2D eigenvalue weighted by molar-refractivity contribution is 5.76. The first-order valence-electron chi connectivity index (χ1n) is 29.9. The number of esters is 1. The predicted molar refractivity (Wildman–Crippen MR) is 296 cm³/mol. The number of hydrogen-bond acceptors (Lipinski definition) is 5. The minimum absolute atomic E-state index is 0.0391. The van der Waals surface area contributed by atoms with E-state index in [-0.39, 0.29) is 18.5 Å². The number of nitrogens with one attached hydrogen (secondary N) is 1. The molecular formula is C62H115NO5. The summed E-state index contributed by atoms with van der Waals surface area (Å²) in [6.45, 7) is 4.80. The molecule has 0 aliphatic heterocycles. The second kappa shape index (κ2) is 57.4. The summed E-state index contributed by atoms with van der Waals surface area (Å²) in [5.41, 5.74) is 0. The van der Waals surface area contributed by atoms with E-state index in [1.165, 1.54) is 212 Å². The highest BCUT2D eigenvalue weighted by atomic mass is 16.5. The highest BCUT2D eigenvalue weighted by Gasteiger charge is 2.20. The fourth-order valence-corrected chi connectivity index (χ4v) is 9.02. The van der Waals surface area contributed by atoms with Crippen LogP contribution in [0.5, 0.6) is 0 Å². The van der Waals surface area contributed by atoms with Crippen molar-refractivity contribution < 1.29 is 24.5 Å². The Morgan fingerprint density at radius 1 is 0.412 bits per heavy atom. The minimum atomic E-state index is -0.669. The standard InChI is InChI=1S/C62H115NO5/c1-3-5-7-9-11-13-15-17-19-27-30-34-38-42-46-50-54-60(65)59(58-64)63-61(66)55-51-47-43-39-35-31-28-25-23-21-20-22-24-26-29-33-37-41-45-49-53-57-68-62(67)56-52-48-44-40-36-32-18-16-14-12-10-8-6-4-2/h10,12,16,18,33,37,45,49,59-60,64-65H,3-9,11,13-15,17,19-32,34-36,38-44,46-48,50-58H2,1-2H3,(H,63,66)/b12-10-,18-16-,37-33-,49-45-. The third kappa shape index (κ3) is 53.2. The molecule has 6 heteroatoms. The van der Waals surface area contributed by atoms with Gasteiger partial charge < -0.3 is 20.3 Å². The van der Waals surface area contributed by atoms with Crippen molar-refractivity contribution in [1.82, 2.24) is 5.32 Å². The summed E-state index contributed by atoms with van der Waals surface area (Å²) in [5.74, 6) is -0.0892. The number of ether oxygens (including phenoxy) is 1. The lowest BCUT2D eigenvalue weighted by atomic mass is 10.0. The van der Waals surface area contributed by atoms with Crippen LogP contribution >= 0.6 is 0 Å². The van der Waals surface area contributed by atoms with Gasteiger partial charge in [0.25, 0.3) is 0 Å². The second-order valence-electron chi connectivity index (χ2n) is 20.3. The van der Waals surface area contributed by atoms with Gasteiger partial charge in [0.15, 0.2) is 0 Å². The molecule has 3 N–H and O–H groups in total. The molecule has 0 spiro atoms. The number of hydrogen-bond donors (Lipinski definition) is 3. The average Bonchev–Trinajstić information content (AvgIpc) is 3.34. The zero-order valence-corrected chi connectivity index (χ0v) is 45.3. The van der Waals surface area contributed by atoms with Crippen LogP contribution in [0.25, 0.3) is 0 Å². The third-order valence-electron chi connectivity index (χ3n) is 13.6. The molecule has 0 rings (SSSR count). The van der Waals surface area contributed by atoms with Crippen LogP contribution < -0.4 is 5.32 Å². The lowest BCUT2D eigenvalue weighted by Gasteiger charge is -2.22. The molecule has 68 heavy (non-hydrogen) atoms. The molecule has 0 fully saturated rings. The van der Waals surface area contributed by atoms with Crippen molar-refractivity contribution in [3.63, 3.8) is 0 Å². The zero-order chi connectivity index (χ0) is 49.3. The summed E-state index contributed by atoms with van der Waals surface area (Å²) >= 11 is 0. The maximum absolute atomic E-state index is 12.5. The predicted octanol–water partition coefficient (Wildman–Crippen LogP) is 18.6. The van der Waals surface area contributed by atoms with Crippen LogP contribution in [0.3, 0.4) is 0 Å². The molecule has 0 radical (unpaired) electrons. The van der Waals surface area contributed by atoms with Crippen LogP contribution in [-0.2, 0) is 14.3 Å². The average molecular weight is 955 g/mol. The minimum Gasteiger partial charge on any atom is -0.465 e. The quantitative estimate of drug-likeness (QED) is 0.0321. The van der Waals surface area contributed by atoms with Gasteiger partial charge in [-0.15, -0.1) is 0 Å². The molecule has 0 aromatic heterocycles. The molecule has 0 saturated carbocycles. The zero-order valence-electron chi connectivity index (χ0n) is 45.3. The maximum Gasteiger partial charge on any atom is 0.305 e. The number of unbranched alkanes of at least 4 members (excludes halogenated alkanes) is 36. The summed E-state index contributed by atoms with van der Waals surface area (Å²) in [4.78, 5) is 24.5. The summed E-state index contributed by atoms with van der Waals surface area (Å²) in [6, 6.07) is -0.546. The SMILES string of the molecule is CCCC/C=C\C/C=C\CCCCCCCC(=O)OCC/C=C\C/C=C\CCCCCCCCCCCCCCCCC(=O)NC(CO)C(O)CCCCCCCCCCCCCCCCCC. The Hall–Kier alpha value is -2.18. The van der Waals surface area contributed by atoms with Gasteiger partial charge in [0.1, 0.15) is 0 Å². The van der Waals surface area contributed by atoms with Crippen molar-refractivity contribution in [3.05, 3.63) is 48.6 Å². The molecule has 0 bridgehead atoms. The van der Waals surface area contributed by atoms with Crippen LogP contribution in [0.1, 0.15) is 309 Å². The van der Waals surface area contributed by atoms with Gasteiger partial charge in [-0.25, -0.2) is 0 Å². The van der Waals surface area contributed by atoms with Crippen LogP contribution in [0.4, 0.5) is 0 Å². The fraction of sp³-hybridized carbons (Fsp3) is 0.839. The molecule has 0 saturated heterocycles. The van der Waals surface area contributed by atoms with Gasteiger partial charge in [0.2, 0.25) is 5.91 Å². The smallest absolute Gasteiger partial charge is 0.305 e. The molecule has 0 aromatic rings. The molecule has 6 nitrogen and oxygen atoms in total. The van der Waals surface area contributed by atoms with Crippen molar-refractivity contribution >= 4 is 11.9 Å². The molecule has 0 aliphatic carbocycles. The number of aliphatic hydroxyl groups is 2. The third-order valence-corrected chi connectivity index (χ3v) is 13.6. The van der Waals surface area contributed by atoms with E-state index in [0.717, 1.165) is 64.2 Å². The lowest BCUT2D eigenvalue weighted by Crippen LogP contribution is -2.45. The van der Waals surface area contributed by atoms with E-state index >= 15 is 0 Å². The Balaban J connectivity index is 3.47. The molecule has 398 valence electrons. The Bertz CT molecular complexity index is 1150. The topological polar surface area (TPSA) is 95.9 Å². The van der Waals surface area contributed by atoms with Gasteiger partial charge >= 0.3 is 5.97 Å². The van der Waals surface area contributed by atoms with E-state index in [0.29, 0.717) is 25.9 Å². The molecule has 0 heterocycles. The van der Waals surface area contributed by atoms with Gasteiger partial charge in [-0.3, -0.25) is 9.59 Å².